The van der Waals surface area contributed by atoms with Gasteiger partial charge in [-0.3, -0.25) is 4.79 Å². The van der Waals surface area contributed by atoms with Crippen molar-refractivity contribution in [2.24, 2.45) is 5.92 Å². The van der Waals surface area contributed by atoms with E-state index in [0.717, 1.165) is 11.3 Å². The number of hydrogen-bond acceptors (Lipinski definition) is 3. The van der Waals surface area contributed by atoms with E-state index in [1.165, 1.54) is 4.90 Å². The van der Waals surface area contributed by atoms with Crippen molar-refractivity contribution in [3.05, 3.63) is 23.8 Å². The van der Waals surface area contributed by atoms with E-state index in [0.29, 0.717) is 6.54 Å². The first-order chi connectivity index (χ1) is 9.23. The summed E-state index contributed by atoms with van der Waals surface area (Å²) in [5, 5.41) is 6.02. The summed E-state index contributed by atoms with van der Waals surface area (Å²) in [6, 6.07) is 6.20. The minimum atomic E-state index is -0.0389. The van der Waals surface area contributed by atoms with Crippen LogP contribution < -0.4 is 10.6 Å². The molecule has 1 rings (SSSR count). The highest BCUT2D eigenvalue weighted by molar-refractivity contribution is 8.00. The highest BCUT2D eigenvalue weighted by atomic mass is 35.5. The van der Waals surface area contributed by atoms with Crippen LogP contribution in [-0.2, 0) is 4.79 Å². The first kappa shape index (κ1) is 20.3. The van der Waals surface area contributed by atoms with Crippen LogP contribution in [0.15, 0.2) is 23.1 Å². The van der Waals surface area contributed by atoms with Crippen molar-refractivity contribution in [2.45, 2.75) is 44.3 Å². The van der Waals surface area contributed by atoms with Crippen LogP contribution in [0.25, 0.3) is 0 Å². The van der Waals surface area contributed by atoms with Gasteiger partial charge in [0.2, 0.25) is 5.91 Å². The number of benzene rings is 1. The number of anilines is 1. The zero-order valence-corrected chi connectivity index (χ0v) is 15.4. The van der Waals surface area contributed by atoms with Gasteiger partial charge in [-0.1, -0.05) is 27.7 Å². The molecule has 1 atom stereocenters. The molecule has 0 aliphatic rings. The smallest absolute Gasteiger partial charge is 0.228 e. The molecular weight excluding hydrogens is 304 g/mol. The Balaban J connectivity index is 0.00000400. The van der Waals surface area contributed by atoms with Gasteiger partial charge in [0, 0.05) is 27.8 Å². The van der Waals surface area contributed by atoms with Crippen LogP contribution in [0, 0.1) is 12.8 Å². The zero-order valence-electron chi connectivity index (χ0n) is 13.7. The maximum atomic E-state index is 12.0. The fourth-order valence-corrected chi connectivity index (χ4v) is 2.93. The van der Waals surface area contributed by atoms with Gasteiger partial charge in [0.1, 0.15) is 0 Å². The van der Waals surface area contributed by atoms with E-state index in [9.17, 15) is 4.79 Å². The molecule has 0 aliphatic heterocycles. The quantitative estimate of drug-likeness (QED) is 0.798. The Bertz CT molecular complexity index is 472. The highest BCUT2D eigenvalue weighted by Gasteiger charge is 2.15. The third-order valence-corrected chi connectivity index (χ3v) is 3.94. The van der Waals surface area contributed by atoms with E-state index in [2.05, 4.69) is 43.5 Å². The Labute approximate surface area is 139 Å². The predicted octanol–water partition coefficient (Wildman–Crippen LogP) is 4.10. The Kier molecular flexibility index (Phi) is 8.37. The molecule has 5 heteroatoms. The van der Waals surface area contributed by atoms with E-state index < -0.39 is 0 Å². The summed E-state index contributed by atoms with van der Waals surface area (Å²) in [6.07, 6.45) is 0. The maximum Gasteiger partial charge on any atom is 0.228 e. The lowest BCUT2D eigenvalue weighted by Crippen LogP contribution is -2.28. The molecule has 0 bridgehead atoms. The van der Waals surface area contributed by atoms with Crippen molar-refractivity contribution in [2.75, 3.05) is 18.9 Å². The van der Waals surface area contributed by atoms with Gasteiger partial charge in [0.25, 0.3) is 0 Å². The normalized spacial score (nSPS) is 12.5. The third kappa shape index (κ3) is 7.21. The second kappa shape index (κ2) is 8.66. The van der Waals surface area contributed by atoms with Crippen LogP contribution in [0.1, 0.15) is 33.3 Å². The van der Waals surface area contributed by atoms with E-state index in [4.69, 9.17) is 0 Å². The van der Waals surface area contributed by atoms with Gasteiger partial charge in [-0.2, -0.15) is 0 Å². The average molecular weight is 331 g/mol. The van der Waals surface area contributed by atoms with Crippen molar-refractivity contribution in [3.63, 3.8) is 0 Å². The second-order valence-corrected chi connectivity index (χ2v) is 8.04. The number of thioether (sulfide) groups is 1. The lowest BCUT2D eigenvalue weighted by atomic mass is 10.1. The van der Waals surface area contributed by atoms with Crippen molar-refractivity contribution in [1.29, 1.82) is 0 Å². The maximum absolute atomic E-state index is 12.0. The van der Waals surface area contributed by atoms with Gasteiger partial charge in [-0.25, -0.2) is 0 Å². The second-order valence-electron chi connectivity index (χ2n) is 6.14. The number of carbonyl (C=O) groups is 1. The van der Waals surface area contributed by atoms with Crippen LogP contribution in [0.4, 0.5) is 5.69 Å². The molecule has 3 nitrogen and oxygen atoms in total. The molecule has 0 radical (unpaired) electrons. The van der Waals surface area contributed by atoms with Gasteiger partial charge < -0.3 is 10.6 Å². The predicted molar refractivity (Wildman–Crippen MR) is 95.8 cm³/mol. The number of aryl methyl sites for hydroxylation is 1. The summed E-state index contributed by atoms with van der Waals surface area (Å²) in [5.74, 6) is 0.0155. The highest BCUT2D eigenvalue weighted by Crippen LogP contribution is 2.33. The Hall–Kier alpha value is -0.710. The standard InChI is InChI=1S/C16H26N2OS.ClH/c1-11-9-13(20-16(3,4)5)7-8-14(11)18-15(19)12(2)10-17-6;/h7-9,12,17H,10H2,1-6H3,(H,18,19);1H. The molecule has 1 aromatic rings. The SMILES string of the molecule is CNCC(C)C(=O)Nc1ccc(SC(C)(C)C)cc1C.Cl. The van der Waals surface area contributed by atoms with Crippen molar-refractivity contribution >= 4 is 35.8 Å². The molecule has 120 valence electrons. The van der Waals surface area contributed by atoms with Crippen molar-refractivity contribution in [1.82, 2.24) is 5.32 Å². The first-order valence-electron chi connectivity index (χ1n) is 6.98. The minimum Gasteiger partial charge on any atom is -0.326 e. The summed E-state index contributed by atoms with van der Waals surface area (Å²) in [6.45, 7) is 11.2. The van der Waals surface area contributed by atoms with Crippen LogP contribution in [0.3, 0.4) is 0 Å². The molecule has 0 saturated carbocycles. The Morgan fingerprint density at radius 2 is 1.95 bits per heavy atom. The van der Waals surface area contributed by atoms with E-state index in [1.807, 2.05) is 38.7 Å². The summed E-state index contributed by atoms with van der Waals surface area (Å²) in [7, 11) is 1.85. The number of hydrogen-bond donors (Lipinski definition) is 2. The largest absolute Gasteiger partial charge is 0.326 e. The van der Waals surface area contributed by atoms with Crippen LogP contribution in [0.2, 0.25) is 0 Å². The molecule has 0 spiro atoms. The molecule has 1 aromatic carbocycles. The Morgan fingerprint density at radius 3 is 2.43 bits per heavy atom. The molecule has 0 saturated heterocycles. The van der Waals surface area contributed by atoms with Crippen LogP contribution in [0.5, 0.6) is 0 Å². The van der Waals surface area contributed by atoms with Gasteiger partial charge in [-0.05, 0) is 37.7 Å². The first-order valence-corrected chi connectivity index (χ1v) is 7.79. The van der Waals surface area contributed by atoms with Crippen molar-refractivity contribution < 1.29 is 4.79 Å². The average Bonchev–Trinajstić information content (AvgIpc) is 2.30. The topological polar surface area (TPSA) is 41.1 Å². The van der Waals surface area contributed by atoms with Gasteiger partial charge in [0.15, 0.2) is 0 Å². The molecule has 1 unspecified atom stereocenters. The van der Waals surface area contributed by atoms with Crippen LogP contribution in [-0.4, -0.2) is 24.2 Å². The third-order valence-electron chi connectivity index (χ3n) is 2.84. The molecule has 0 fully saturated rings. The summed E-state index contributed by atoms with van der Waals surface area (Å²) >= 11 is 1.83. The number of rotatable bonds is 5. The number of halogens is 1. The number of amides is 1. The van der Waals surface area contributed by atoms with Gasteiger partial charge in [-0.15, -0.1) is 24.2 Å². The fourth-order valence-electron chi connectivity index (χ4n) is 1.85. The van der Waals surface area contributed by atoms with E-state index in [1.54, 1.807) is 0 Å². The molecule has 0 aromatic heterocycles. The fraction of sp³-hybridized carbons (Fsp3) is 0.562. The zero-order chi connectivity index (χ0) is 15.3. The lowest BCUT2D eigenvalue weighted by Gasteiger charge is -2.19. The molecule has 1 amide bonds. The molecule has 0 heterocycles. The molecule has 0 aliphatic carbocycles. The molecular formula is C16H27ClN2OS. The summed E-state index contributed by atoms with van der Waals surface area (Å²) in [5.41, 5.74) is 2.00. The summed E-state index contributed by atoms with van der Waals surface area (Å²) in [4.78, 5) is 13.2. The van der Waals surface area contributed by atoms with E-state index >= 15 is 0 Å². The number of nitrogens with one attached hydrogen (secondary N) is 2. The van der Waals surface area contributed by atoms with Crippen molar-refractivity contribution in [3.8, 4) is 0 Å². The van der Waals surface area contributed by atoms with Crippen LogP contribution >= 0.6 is 24.2 Å². The monoisotopic (exact) mass is 330 g/mol. The lowest BCUT2D eigenvalue weighted by molar-refractivity contribution is -0.119. The van der Waals surface area contributed by atoms with Gasteiger partial charge >= 0.3 is 0 Å². The Morgan fingerprint density at radius 1 is 1.33 bits per heavy atom. The molecule has 2 N–H and O–H groups in total. The van der Waals surface area contributed by atoms with E-state index in [-0.39, 0.29) is 29.0 Å². The van der Waals surface area contributed by atoms with Gasteiger partial charge in [0.05, 0.1) is 0 Å². The molecule has 21 heavy (non-hydrogen) atoms. The minimum absolute atomic E-state index is 0. The summed E-state index contributed by atoms with van der Waals surface area (Å²) < 4.78 is 0.193. The number of carbonyl (C=O) groups excluding carboxylic acids is 1.